The van der Waals surface area contributed by atoms with E-state index in [0.717, 1.165) is 17.9 Å². The van der Waals surface area contributed by atoms with E-state index >= 15 is 0 Å². The zero-order valence-electron chi connectivity index (χ0n) is 10.3. The average Bonchev–Trinajstić information content (AvgIpc) is 2.58. The van der Waals surface area contributed by atoms with E-state index < -0.39 is 0 Å². The van der Waals surface area contributed by atoms with Crippen LogP contribution in [0, 0.1) is 16.4 Å². The number of rotatable bonds is 3. The van der Waals surface area contributed by atoms with Crippen LogP contribution in [0.2, 0.25) is 0 Å². The Labute approximate surface area is 115 Å². The Balaban J connectivity index is 2.43. The Morgan fingerprint density at radius 1 is 1.35 bits per heavy atom. The molecule has 0 spiro atoms. The molecule has 2 aromatic heterocycles. The topological polar surface area (TPSA) is 30.7 Å². The van der Waals surface area contributed by atoms with Gasteiger partial charge in [0.1, 0.15) is 5.69 Å². The van der Waals surface area contributed by atoms with Gasteiger partial charge < -0.3 is 0 Å². The average molecular weight is 341 g/mol. The Morgan fingerprint density at radius 3 is 2.71 bits per heavy atom. The Hall–Kier alpha value is -0.910. The van der Waals surface area contributed by atoms with Crippen LogP contribution in [0.15, 0.2) is 24.4 Å². The molecule has 0 saturated carbocycles. The molecule has 90 valence electrons. The van der Waals surface area contributed by atoms with Crippen molar-refractivity contribution in [3.05, 3.63) is 33.7 Å². The molecule has 0 unspecified atom stereocenters. The fraction of sp³-hybridized carbons (Fsp3) is 0.385. The van der Waals surface area contributed by atoms with E-state index in [2.05, 4.69) is 58.1 Å². The van der Waals surface area contributed by atoms with Gasteiger partial charge in [0.05, 0.1) is 9.26 Å². The zero-order valence-corrected chi connectivity index (χ0v) is 12.5. The van der Waals surface area contributed by atoms with Crippen LogP contribution in [0.1, 0.15) is 19.5 Å². The predicted molar refractivity (Wildman–Crippen MR) is 77.8 cm³/mol. The fourth-order valence-electron chi connectivity index (χ4n) is 1.71. The van der Waals surface area contributed by atoms with Gasteiger partial charge in [-0.3, -0.25) is 9.67 Å². The number of halogens is 1. The van der Waals surface area contributed by atoms with Crippen molar-refractivity contribution in [2.24, 2.45) is 5.92 Å². The highest BCUT2D eigenvalue weighted by molar-refractivity contribution is 14.1. The van der Waals surface area contributed by atoms with Crippen LogP contribution in [-0.2, 0) is 6.54 Å². The summed E-state index contributed by atoms with van der Waals surface area (Å²) in [6, 6.07) is 5.92. The molecule has 0 radical (unpaired) electrons. The first-order chi connectivity index (χ1) is 8.09. The third kappa shape index (κ3) is 2.68. The number of nitrogens with zero attached hydrogens (tertiary/aromatic N) is 3. The van der Waals surface area contributed by atoms with Crippen molar-refractivity contribution < 1.29 is 0 Å². The molecule has 0 N–H and O–H groups in total. The molecule has 4 heteroatoms. The summed E-state index contributed by atoms with van der Waals surface area (Å²) in [4.78, 5) is 4.36. The summed E-state index contributed by atoms with van der Waals surface area (Å²) in [5.74, 6) is 0.598. The van der Waals surface area contributed by atoms with Crippen molar-refractivity contribution in [2.45, 2.75) is 27.3 Å². The van der Waals surface area contributed by atoms with Gasteiger partial charge in [-0.1, -0.05) is 19.9 Å². The molecule has 2 rings (SSSR count). The van der Waals surface area contributed by atoms with E-state index in [-0.39, 0.29) is 0 Å². The largest absolute Gasteiger partial charge is 0.268 e. The lowest BCUT2D eigenvalue weighted by atomic mass is 10.2. The maximum absolute atomic E-state index is 4.67. The van der Waals surface area contributed by atoms with E-state index in [1.807, 2.05) is 24.4 Å². The van der Waals surface area contributed by atoms with E-state index in [4.69, 9.17) is 0 Å². The molecule has 0 aromatic carbocycles. The van der Waals surface area contributed by atoms with Crippen molar-refractivity contribution in [2.75, 3.05) is 0 Å². The first-order valence-electron chi connectivity index (χ1n) is 5.74. The van der Waals surface area contributed by atoms with Crippen LogP contribution in [-0.4, -0.2) is 14.8 Å². The van der Waals surface area contributed by atoms with Crippen molar-refractivity contribution in [1.82, 2.24) is 14.8 Å². The molecule has 0 aliphatic rings. The molecule has 0 aliphatic carbocycles. The minimum absolute atomic E-state index is 0.598. The highest BCUT2D eigenvalue weighted by Gasteiger charge is 2.15. The van der Waals surface area contributed by atoms with Crippen LogP contribution in [0.3, 0.4) is 0 Å². The van der Waals surface area contributed by atoms with Crippen LogP contribution >= 0.6 is 22.6 Å². The van der Waals surface area contributed by atoms with Gasteiger partial charge in [-0.25, -0.2) is 0 Å². The third-order valence-corrected chi connectivity index (χ3v) is 3.87. The molecule has 0 fully saturated rings. The van der Waals surface area contributed by atoms with Crippen LogP contribution in [0.5, 0.6) is 0 Å². The van der Waals surface area contributed by atoms with Gasteiger partial charge in [-0.2, -0.15) is 5.10 Å². The summed E-state index contributed by atoms with van der Waals surface area (Å²) in [6.45, 7) is 7.47. The molecule has 0 amide bonds. The highest BCUT2D eigenvalue weighted by atomic mass is 127. The van der Waals surface area contributed by atoms with Crippen molar-refractivity contribution in [3.63, 3.8) is 0 Å². The first-order valence-corrected chi connectivity index (χ1v) is 6.81. The van der Waals surface area contributed by atoms with E-state index in [0.29, 0.717) is 5.92 Å². The van der Waals surface area contributed by atoms with Crippen molar-refractivity contribution >= 4 is 22.6 Å². The third-order valence-electron chi connectivity index (χ3n) is 2.58. The molecule has 2 heterocycles. The van der Waals surface area contributed by atoms with Gasteiger partial charge in [0, 0.05) is 18.4 Å². The van der Waals surface area contributed by atoms with Crippen LogP contribution in [0.25, 0.3) is 11.4 Å². The normalized spacial score (nSPS) is 11.1. The molecule has 0 aliphatic heterocycles. The van der Waals surface area contributed by atoms with Gasteiger partial charge >= 0.3 is 0 Å². The SMILES string of the molecule is Cc1c(I)c(-c2ccccn2)nn1CC(C)C. The molecule has 3 nitrogen and oxygen atoms in total. The molecule has 2 aromatic rings. The standard InChI is InChI=1S/C13H16IN3/c1-9(2)8-17-10(3)12(14)13(16-17)11-6-4-5-7-15-11/h4-7,9H,8H2,1-3H3. The molecular formula is C13H16IN3. The van der Waals surface area contributed by atoms with Gasteiger partial charge in [-0.15, -0.1) is 0 Å². The first kappa shape index (κ1) is 12.5. The number of pyridine rings is 1. The van der Waals surface area contributed by atoms with Gasteiger partial charge in [0.25, 0.3) is 0 Å². The van der Waals surface area contributed by atoms with Crippen molar-refractivity contribution in [3.8, 4) is 11.4 Å². The zero-order chi connectivity index (χ0) is 12.4. The number of hydrogen-bond acceptors (Lipinski definition) is 2. The van der Waals surface area contributed by atoms with E-state index in [1.165, 1.54) is 9.26 Å². The second-order valence-corrected chi connectivity index (χ2v) is 5.62. The van der Waals surface area contributed by atoms with E-state index in [1.54, 1.807) is 0 Å². The van der Waals surface area contributed by atoms with Crippen LogP contribution in [0.4, 0.5) is 0 Å². The summed E-state index contributed by atoms with van der Waals surface area (Å²) in [5, 5.41) is 4.67. The number of hydrogen-bond donors (Lipinski definition) is 0. The predicted octanol–water partition coefficient (Wildman–Crippen LogP) is 3.51. The van der Waals surface area contributed by atoms with Gasteiger partial charge in [0.2, 0.25) is 0 Å². The van der Waals surface area contributed by atoms with Gasteiger partial charge in [-0.05, 0) is 47.6 Å². The van der Waals surface area contributed by atoms with E-state index in [9.17, 15) is 0 Å². The summed E-state index contributed by atoms with van der Waals surface area (Å²) in [5.41, 5.74) is 3.16. The quantitative estimate of drug-likeness (QED) is 0.800. The lowest BCUT2D eigenvalue weighted by molar-refractivity contribution is 0.475. The molecule has 0 atom stereocenters. The Bertz CT molecular complexity index is 503. The minimum Gasteiger partial charge on any atom is -0.268 e. The summed E-state index contributed by atoms with van der Waals surface area (Å²) < 4.78 is 3.28. The lowest BCUT2D eigenvalue weighted by Gasteiger charge is -2.06. The monoisotopic (exact) mass is 341 g/mol. The molecular weight excluding hydrogens is 325 g/mol. The maximum atomic E-state index is 4.67. The molecule has 17 heavy (non-hydrogen) atoms. The van der Waals surface area contributed by atoms with Gasteiger partial charge in [0.15, 0.2) is 0 Å². The Morgan fingerprint density at radius 2 is 2.12 bits per heavy atom. The lowest BCUT2D eigenvalue weighted by Crippen LogP contribution is -2.07. The summed E-state index contributed by atoms with van der Waals surface area (Å²) in [7, 11) is 0. The summed E-state index contributed by atoms with van der Waals surface area (Å²) in [6.07, 6.45) is 1.81. The molecule has 0 bridgehead atoms. The smallest absolute Gasteiger partial charge is 0.124 e. The highest BCUT2D eigenvalue weighted by Crippen LogP contribution is 2.25. The molecule has 0 saturated heterocycles. The number of aromatic nitrogens is 3. The Kier molecular flexibility index (Phi) is 3.81. The second-order valence-electron chi connectivity index (χ2n) is 4.54. The fourth-order valence-corrected chi connectivity index (χ4v) is 2.38. The van der Waals surface area contributed by atoms with Crippen molar-refractivity contribution in [1.29, 1.82) is 0 Å². The second kappa shape index (κ2) is 5.16. The summed E-state index contributed by atoms with van der Waals surface area (Å²) >= 11 is 2.35. The maximum Gasteiger partial charge on any atom is 0.124 e. The minimum atomic E-state index is 0.598. The van der Waals surface area contributed by atoms with Crippen LogP contribution < -0.4 is 0 Å².